The van der Waals surface area contributed by atoms with Crippen LogP contribution in [0.5, 0.6) is 0 Å². The van der Waals surface area contributed by atoms with E-state index < -0.39 is 11.4 Å². The average molecular weight is 195 g/mol. The van der Waals surface area contributed by atoms with Crippen molar-refractivity contribution in [3.63, 3.8) is 0 Å². The van der Waals surface area contributed by atoms with Crippen LogP contribution in [0.3, 0.4) is 0 Å². The predicted molar refractivity (Wildman–Crippen MR) is 54.9 cm³/mol. The Morgan fingerprint density at radius 2 is 2.07 bits per heavy atom. The maximum Gasteiger partial charge on any atom is 0.309 e. The largest absolute Gasteiger partial charge is 0.481 e. The van der Waals surface area contributed by atoms with Gasteiger partial charge in [0.15, 0.2) is 0 Å². The van der Waals surface area contributed by atoms with Crippen LogP contribution in [0, 0.1) is 17.3 Å². The average Bonchev–Trinajstić information content (AvgIpc) is 2.17. The Balaban J connectivity index is 2.44. The van der Waals surface area contributed by atoms with Crippen molar-refractivity contribution < 1.29 is 9.90 Å². The summed E-state index contributed by atoms with van der Waals surface area (Å²) in [7, 11) is 0. The summed E-state index contributed by atoms with van der Waals surface area (Å²) in [4.78, 5) is 13.2. The number of hydrogen-bond donors (Lipinski definition) is 1. The first kappa shape index (κ1) is 11.1. The number of carboxylic acid groups (broad SMARTS) is 1. The van der Waals surface area contributed by atoms with Gasteiger partial charge in [-0.2, -0.15) is 0 Å². The van der Waals surface area contributed by atoms with Crippen LogP contribution < -0.4 is 0 Å². The molecule has 0 unspecified atom stereocenters. The van der Waals surface area contributed by atoms with Gasteiger partial charge in [-0.15, -0.1) is 5.92 Å². The molecular formula is C11H17NO2. The summed E-state index contributed by atoms with van der Waals surface area (Å²) in [5.74, 6) is 5.19. The van der Waals surface area contributed by atoms with Crippen molar-refractivity contribution in [3.05, 3.63) is 0 Å². The van der Waals surface area contributed by atoms with Gasteiger partial charge >= 0.3 is 5.97 Å². The summed E-state index contributed by atoms with van der Waals surface area (Å²) in [5.41, 5.74) is -0.518. The molecule has 78 valence electrons. The number of hydrogen-bond acceptors (Lipinski definition) is 2. The molecule has 1 rings (SSSR count). The second-order valence-electron chi connectivity index (χ2n) is 4.07. The number of carbonyl (C=O) groups is 1. The van der Waals surface area contributed by atoms with Crippen molar-refractivity contribution in [2.24, 2.45) is 5.41 Å². The standard InChI is InChI=1S/C11H17NO2/c1-3-4-7-12-8-5-11(2,6-9-12)10(13)14/h5-9H2,1-2H3,(H,13,14). The molecule has 3 heteroatoms. The Bertz CT molecular complexity index is 267. The lowest BCUT2D eigenvalue weighted by molar-refractivity contribution is -0.150. The number of carboxylic acids is 1. The zero-order valence-electron chi connectivity index (χ0n) is 8.84. The van der Waals surface area contributed by atoms with Gasteiger partial charge in [-0.3, -0.25) is 9.69 Å². The normalized spacial score (nSPS) is 21.0. The Kier molecular flexibility index (Phi) is 3.54. The second kappa shape index (κ2) is 4.47. The fraction of sp³-hybridized carbons (Fsp3) is 0.727. The molecule has 0 bridgehead atoms. The highest BCUT2D eigenvalue weighted by molar-refractivity contribution is 5.74. The Morgan fingerprint density at radius 1 is 1.50 bits per heavy atom. The first-order chi connectivity index (χ1) is 6.58. The van der Waals surface area contributed by atoms with E-state index in [0.29, 0.717) is 0 Å². The van der Waals surface area contributed by atoms with E-state index in [1.807, 2.05) is 13.8 Å². The van der Waals surface area contributed by atoms with E-state index in [2.05, 4.69) is 16.7 Å². The van der Waals surface area contributed by atoms with E-state index in [1.165, 1.54) is 0 Å². The molecule has 14 heavy (non-hydrogen) atoms. The Labute approximate surface area is 85.1 Å². The van der Waals surface area contributed by atoms with E-state index in [1.54, 1.807) is 0 Å². The van der Waals surface area contributed by atoms with Crippen molar-refractivity contribution in [1.29, 1.82) is 0 Å². The van der Waals surface area contributed by atoms with Crippen molar-refractivity contribution in [2.45, 2.75) is 26.7 Å². The van der Waals surface area contributed by atoms with Gasteiger partial charge in [-0.05, 0) is 26.7 Å². The highest BCUT2D eigenvalue weighted by Crippen LogP contribution is 2.30. The molecule has 0 amide bonds. The molecule has 1 aliphatic heterocycles. The summed E-state index contributed by atoms with van der Waals surface area (Å²) < 4.78 is 0. The minimum Gasteiger partial charge on any atom is -0.481 e. The number of nitrogens with zero attached hydrogens (tertiary/aromatic N) is 1. The minimum absolute atomic E-state index is 0.518. The van der Waals surface area contributed by atoms with E-state index in [0.717, 1.165) is 32.5 Å². The topological polar surface area (TPSA) is 40.5 Å². The molecule has 1 N–H and O–H groups in total. The van der Waals surface area contributed by atoms with E-state index in [9.17, 15) is 4.79 Å². The van der Waals surface area contributed by atoms with Gasteiger partial charge < -0.3 is 5.11 Å². The van der Waals surface area contributed by atoms with Crippen LogP contribution in [-0.2, 0) is 4.79 Å². The van der Waals surface area contributed by atoms with E-state index in [-0.39, 0.29) is 0 Å². The number of likely N-dealkylation sites (tertiary alicyclic amines) is 1. The zero-order valence-corrected chi connectivity index (χ0v) is 8.84. The molecule has 1 heterocycles. The molecular weight excluding hydrogens is 178 g/mol. The smallest absolute Gasteiger partial charge is 0.309 e. The quantitative estimate of drug-likeness (QED) is 0.673. The van der Waals surface area contributed by atoms with Gasteiger partial charge in [-0.25, -0.2) is 0 Å². The first-order valence-electron chi connectivity index (χ1n) is 4.94. The third-order valence-corrected chi connectivity index (χ3v) is 2.96. The zero-order chi connectivity index (χ0) is 10.6. The molecule has 0 aromatic heterocycles. The third kappa shape index (κ3) is 2.49. The molecule has 0 aliphatic carbocycles. The maximum absolute atomic E-state index is 11.0. The fourth-order valence-corrected chi connectivity index (χ4v) is 1.61. The van der Waals surface area contributed by atoms with Gasteiger partial charge in [0, 0.05) is 13.1 Å². The fourth-order valence-electron chi connectivity index (χ4n) is 1.61. The molecule has 1 saturated heterocycles. The molecule has 0 atom stereocenters. The van der Waals surface area contributed by atoms with Crippen molar-refractivity contribution >= 4 is 5.97 Å². The summed E-state index contributed by atoms with van der Waals surface area (Å²) in [6.45, 7) is 6.12. The van der Waals surface area contributed by atoms with E-state index in [4.69, 9.17) is 5.11 Å². The van der Waals surface area contributed by atoms with Crippen LogP contribution in [0.15, 0.2) is 0 Å². The lowest BCUT2D eigenvalue weighted by Crippen LogP contribution is -2.42. The van der Waals surface area contributed by atoms with Gasteiger partial charge in [0.05, 0.1) is 12.0 Å². The lowest BCUT2D eigenvalue weighted by atomic mass is 9.80. The highest BCUT2D eigenvalue weighted by atomic mass is 16.4. The van der Waals surface area contributed by atoms with E-state index >= 15 is 0 Å². The van der Waals surface area contributed by atoms with Gasteiger partial charge in [0.25, 0.3) is 0 Å². The van der Waals surface area contributed by atoms with Crippen LogP contribution in [0.2, 0.25) is 0 Å². The van der Waals surface area contributed by atoms with Crippen LogP contribution in [0.25, 0.3) is 0 Å². The van der Waals surface area contributed by atoms with Gasteiger partial charge in [0.2, 0.25) is 0 Å². The SMILES string of the molecule is CC#CCN1CCC(C)(C(=O)O)CC1. The molecule has 3 nitrogen and oxygen atoms in total. The second-order valence-corrected chi connectivity index (χ2v) is 4.07. The monoisotopic (exact) mass is 195 g/mol. The van der Waals surface area contributed by atoms with Crippen molar-refractivity contribution in [1.82, 2.24) is 4.90 Å². The molecule has 1 aliphatic rings. The van der Waals surface area contributed by atoms with Gasteiger partial charge in [0.1, 0.15) is 0 Å². The summed E-state index contributed by atoms with van der Waals surface area (Å²) in [6, 6.07) is 0. The summed E-state index contributed by atoms with van der Waals surface area (Å²) in [6.07, 6.45) is 1.46. The summed E-state index contributed by atoms with van der Waals surface area (Å²) >= 11 is 0. The number of aliphatic carboxylic acids is 1. The molecule has 0 saturated carbocycles. The Morgan fingerprint density at radius 3 is 2.50 bits per heavy atom. The van der Waals surface area contributed by atoms with Gasteiger partial charge in [-0.1, -0.05) is 5.92 Å². The molecule has 0 aromatic rings. The van der Waals surface area contributed by atoms with Crippen LogP contribution in [0.1, 0.15) is 26.7 Å². The Hall–Kier alpha value is -1.01. The minimum atomic E-state index is -0.668. The third-order valence-electron chi connectivity index (χ3n) is 2.96. The van der Waals surface area contributed by atoms with Crippen LogP contribution >= 0.6 is 0 Å². The lowest BCUT2D eigenvalue weighted by Gasteiger charge is -2.35. The number of rotatable bonds is 2. The first-order valence-corrected chi connectivity index (χ1v) is 4.94. The summed E-state index contributed by atoms with van der Waals surface area (Å²) in [5, 5.41) is 9.01. The van der Waals surface area contributed by atoms with Crippen molar-refractivity contribution in [3.8, 4) is 11.8 Å². The molecule has 1 fully saturated rings. The maximum atomic E-state index is 11.0. The van der Waals surface area contributed by atoms with Crippen LogP contribution in [0.4, 0.5) is 0 Å². The van der Waals surface area contributed by atoms with Crippen molar-refractivity contribution in [2.75, 3.05) is 19.6 Å². The predicted octanol–water partition coefficient (Wildman–Crippen LogP) is 1.20. The van der Waals surface area contributed by atoms with Crippen LogP contribution in [-0.4, -0.2) is 35.6 Å². The molecule has 0 aromatic carbocycles. The highest BCUT2D eigenvalue weighted by Gasteiger charge is 2.36. The number of piperidine rings is 1. The molecule has 0 radical (unpaired) electrons. The molecule has 0 spiro atoms.